The maximum Gasteiger partial charge on any atom is 0.267 e. The van der Waals surface area contributed by atoms with E-state index in [0.29, 0.717) is 23.1 Å². The van der Waals surface area contributed by atoms with E-state index in [1.807, 2.05) is 24.3 Å². The third-order valence-corrected chi connectivity index (χ3v) is 9.23. The van der Waals surface area contributed by atoms with Crippen LogP contribution in [0.1, 0.15) is 34.8 Å². The molecule has 0 bridgehead atoms. The molecule has 0 radical (unpaired) electrons. The van der Waals surface area contributed by atoms with Crippen LogP contribution in [0.15, 0.2) is 47.7 Å². The predicted molar refractivity (Wildman–Crippen MR) is 151 cm³/mol. The van der Waals surface area contributed by atoms with Gasteiger partial charge < -0.3 is 9.47 Å². The molecule has 2 unspecified atom stereocenters. The summed E-state index contributed by atoms with van der Waals surface area (Å²) in [6.45, 7) is 0. The SMILES string of the molecule is O=C(Nc1nnc(CCSCCc2nnc(NC(=O)C3Cc4ccccc4O3)s2)s1)C1CC2=C(CCC=C2)O1. The number of aromatic nitrogens is 4. The summed E-state index contributed by atoms with van der Waals surface area (Å²) >= 11 is 4.56. The largest absolute Gasteiger partial charge is 0.484 e. The smallest absolute Gasteiger partial charge is 0.267 e. The van der Waals surface area contributed by atoms with Crippen molar-refractivity contribution < 1.29 is 19.1 Å². The molecule has 10 nitrogen and oxygen atoms in total. The van der Waals surface area contributed by atoms with E-state index in [9.17, 15) is 9.59 Å². The molecular formula is C26H26N6O4S3. The number of ether oxygens (including phenoxy) is 2. The first-order chi connectivity index (χ1) is 19.1. The van der Waals surface area contributed by atoms with Gasteiger partial charge >= 0.3 is 0 Å². The second-order valence-corrected chi connectivity index (χ2v) is 12.6. The second kappa shape index (κ2) is 11.8. The summed E-state index contributed by atoms with van der Waals surface area (Å²) in [5.41, 5.74) is 2.16. The van der Waals surface area contributed by atoms with E-state index in [1.165, 1.54) is 22.7 Å². The van der Waals surface area contributed by atoms with Gasteiger partial charge in [-0.25, -0.2) is 0 Å². The van der Waals surface area contributed by atoms with E-state index in [2.05, 4.69) is 43.2 Å². The average Bonchev–Trinajstić information content (AvgIpc) is 3.74. The minimum Gasteiger partial charge on any atom is -0.484 e. The molecule has 0 saturated carbocycles. The number of rotatable bonds is 10. The lowest BCUT2D eigenvalue weighted by Crippen LogP contribution is -2.31. The van der Waals surface area contributed by atoms with Gasteiger partial charge in [0.2, 0.25) is 10.3 Å². The quantitative estimate of drug-likeness (QED) is 0.338. The van der Waals surface area contributed by atoms with Gasteiger partial charge in [0.25, 0.3) is 11.8 Å². The molecule has 2 aliphatic heterocycles. The van der Waals surface area contributed by atoms with Gasteiger partial charge in [0, 0.05) is 32.1 Å². The summed E-state index contributed by atoms with van der Waals surface area (Å²) in [6.07, 6.45) is 7.63. The van der Waals surface area contributed by atoms with Crippen LogP contribution in [0.4, 0.5) is 10.3 Å². The van der Waals surface area contributed by atoms with Crippen LogP contribution in [0.3, 0.4) is 0 Å². The van der Waals surface area contributed by atoms with Crippen molar-refractivity contribution in [1.29, 1.82) is 0 Å². The van der Waals surface area contributed by atoms with E-state index < -0.39 is 12.2 Å². The molecule has 0 saturated heterocycles. The predicted octanol–water partition coefficient (Wildman–Crippen LogP) is 4.18. The van der Waals surface area contributed by atoms with Crippen LogP contribution < -0.4 is 15.4 Å². The number of aryl methyl sites for hydroxylation is 2. The summed E-state index contributed by atoms with van der Waals surface area (Å²) in [5.74, 6) is 3.06. The lowest BCUT2D eigenvalue weighted by Gasteiger charge is -2.11. The maximum atomic E-state index is 12.6. The van der Waals surface area contributed by atoms with Crippen LogP contribution in [-0.2, 0) is 33.6 Å². The van der Waals surface area contributed by atoms with Crippen molar-refractivity contribution in [2.24, 2.45) is 0 Å². The van der Waals surface area contributed by atoms with Crippen LogP contribution >= 0.6 is 34.4 Å². The Kier molecular flexibility index (Phi) is 7.88. The van der Waals surface area contributed by atoms with E-state index >= 15 is 0 Å². The first kappa shape index (κ1) is 26.0. The number of carbonyl (C=O) groups excluding carboxylic acids is 2. The van der Waals surface area contributed by atoms with Gasteiger partial charge in [-0.1, -0.05) is 53.0 Å². The van der Waals surface area contributed by atoms with Gasteiger partial charge in [-0.15, -0.1) is 20.4 Å². The average molecular weight is 583 g/mol. The summed E-state index contributed by atoms with van der Waals surface area (Å²) in [7, 11) is 0. The van der Waals surface area contributed by atoms with Crippen molar-refractivity contribution in [3.05, 3.63) is 63.3 Å². The molecule has 2 N–H and O–H groups in total. The lowest BCUT2D eigenvalue weighted by molar-refractivity contribution is -0.124. The topological polar surface area (TPSA) is 128 Å². The van der Waals surface area contributed by atoms with Gasteiger partial charge in [0.05, 0.1) is 0 Å². The number of carbonyl (C=O) groups is 2. The molecule has 6 rings (SSSR count). The first-order valence-electron chi connectivity index (χ1n) is 12.7. The van der Waals surface area contributed by atoms with Crippen LogP contribution in [0.2, 0.25) is 0 Å². The molecule has 13 heteroatoms. The molecular weight excluding hydrogens is 557 g/mol. The Hall–Kier alpha value is -3.29. The zero-order valence-corrected chi connectivity index (χ0v) is 23.4. The summed E-state index contributed by atoms with van der Waals surface area (Å²) in [6, 6.07) is 7.68. The Morgan fingerprint density at radius 3 is 2.23 bits per heavy atom. The van der Waals surface area contributed by atoms with E-state index in [1.54, 1.807) is 11.8 Å². The molecule has 2 atom stereocenters. The molecule has 39 heavy (non-hydrogen) atoms. The normalized spacial score (nSPS) is 19.3. The van der Waals surface area contributed by atoms with E-state index in [-0.39, 0.29) is 11.8 Å². The Bertz CT molecular complexity index is 1410. The highest BCUT2D eigenvalue weighted by atomic mass is 32.2. The number of benzene rings is 1. The zero-order chi connectivity index (χ0) is 26.6. The van der Waals surface area contributed by atoms with Gasteiger partial charge in [0.1, 0.15) is 21.5 Å². The molecule has 3 aromatic rings. The van der Waals surface area contributed by atoms with Crippen LogP contribution in [0.5, 0.6) is 5.75 Å². The molecule has 1 aliphatic carbocycles. The number of allylic oxidation sites excluding steroid dienone is 3. The number of hydrogen-bond donors (Lipinski definition) is 2. The summed E-state index contributed by atoms with van der Waals surface area (Å²) in [5, 5.41) is 25.0. The van der Waals surface area contributed by atoms with Crippen LogP contribution in [-0.4, -0.2) is 55.9 Å². The van der Waals surface area contributed by atoms with Crippen molar-refractivity contribution >= 4 is 56.5 Å². The fourth-order valence-electron chi connectivity index (χ4n) is 4.50. The Balaban J connectivity index is 0.878. The van der Waals surface area contributed by atoms with Gasteiger partial charge in [0.15, 0.2) is 12.2 Å². The number of nitrogens with one attached hydrogen (secondary N) is 2. The fourth-order valence-corrected chi connectivity index (χ4v) is 7.12. The van der Waals surface area contributed by atoms with Gasteiger partial charge in [-0.3, -0.25) is 20.2 Å². The maximum absolute atomic E-state index is 12.6. The molecule has 3 aliphatic rings. The molecule has 4 heterocycles. The number of fused-ring (bicyclic) bond motifs is 1. The zero-order valence-electron chi connectivity index (χ0n) is 20.9. The third kappa shape index (κ3) is 6.31. The Morgan fingerprint density at radius 2 is 1.56 bits per heavy atom. The fraction of sp³-hybridized carbons (Fsp3) is 0.385. The molecule has 0 spiro atoms. The van der Waals surface area contributed by atoms with Crippen molar-refractivity contribution in [1.82, 2.24) is 20.4 Å². The monoisotopic (exact) mass is 582 g/mol. The van der Waals surface area contributed by atoms with Crippen molar-refractivity contribution in [3.8, 4) is 5.75 Å². The number of hydrogen-bond acceptors (Lipinski definition) is 11. The lowest BCUT2D eigenvalue weighted by atomic mass is 10.0. The van der Waals surface area contributed by atoms with Crippen molar-refractivity contribution in [2.75, 3.05) is 22.1 Å². The Morgan fingerprint density at radius 1 is 0.897 bits per heavy atom. The van der Waals surface area contributed by atoms with Crippen LogP contribution in [0.25, 0.3) is 0 Å². The van der Waals surface area contributed by atoms with Crippen LogP contribution in [0, 0.1) is 0 Å². The highest BCUT2D eigenvalue weighted by Gasteiger charge is 2.32. The van der Waals surface area contributed by atoms with Crippen molar-refractivity contribution in [2.45, 2.75) is 50.7 Å². The first-order valence-corrected chi connectivity index (χ1v) is 15.5. The standard InChI is InChI=1S/C26H26N6O4S3/c33-23(19-13-15-5-1-3-7-17(15)35-19)27-25-31-29-21(38-25)9-11-37-12-10-22-30-32-26(39-22)28-24(34)20-14-16-6-2-4-8-18(16)36-20/h1-3,5-7,19-20H,4,8-14H2,(H,27,31,33)(H,28,32,34). The summed E-state index contributed by atoms with van der Waals surface area (Å²) < 4.78 is 11.6. The highest BCUT2D eigenvalue weighted by molar-refractivity contribution is 7.99. The molecule has 0 fully saturated rings. The molecule has 202 valence electrons. The van der Waals surface area contributed by atoms with E-state index in [4.69, 9.17) is 9.47 Å². The minimum atomic E-state index is -0.546. The van der Waals surface area contributed by atoms with Crippen molar-refractivity contribution in [3.63, 3.8) is 0 Å². The number of nitrogens with zero attached hydrogens (tertiary/aromatic N) is 4. The highest BCUT2D eigenvalue weighted by Crippen LogP contribution is 2.33. The third-order valence-electron chi connectivity index (χ3n) is 6.45. The second-order valence-electron chi connectivity index (χ2n) is 9.21. The molecule has 2 amide bonds. The minimum absolute atomic E-state index is 0.177. The molecule has 2 aromatic heterocycles. The molecule has 1 aromatic carbocycles. The number of amides is 2. The summed E-state index contributed by atoms with van der Waals surface area (Å²) in [4.78, 5) is 25.1. The van der Waals surface area contributed by atoms with Gasteiger partial charge in [-0.2, -0.15) is 11.8 Å². The Labute approximate surface area is 237 Å². The van der Waals surface area contributed by atoms with Gasteiger partial charge in [-0.05, 0) is 35.1 Å². The number of anilines is 2. The number of para-hydroxylation sites is 1. The van der Waals surface area contributed by atoms with E-state index in [0.717, 1.165) is 69.8 Å². The number of thioether (sulfide) groups is 1.